The summed E-state index contributed by atoms with van der Waals surface area (Å²) in [4.78, 5) is 25.3. The largest absolute Gasteiger partial charge is 0.438 e. The quantitative estimate of drug-likeness (QED) is 0.569. The Labute approximate surface area is 161 Å². The summed E-state index contributed by atoms with van der Waals surface area (Å²) in [5, 5.41) is 4.38. The van der Waals surface area contributed by atoms with Crippen molar-refractivity contribution < 1.29 is 22.4 Å². The Balaban J connectivity index is 1.62. The first-order chi connectivity index (χ1) is 14.0. The molecule has 4 aromatic heterocycles. The van der Waals surface area contributed by atoms with E-state index in [0.29, 0.717) is 23.3 Å². The van der Waals surface area contributed by atoms with Crippen molar-refractivity contribution in [1.82, 2.24) is 29.5 Å². The van der Waals surface area contributed by atoms with E-state index in [9.17, 15) is 18.0 Å². The van der Waals surface area contributed by atoms with Crippen molar-refractivity contribution in [3.05, 3.63) is 71.5 Å². The Morgan fingerprint density at radius 1 is 1.31 bits per heavy atom. The molecule has 148 valence electrons. The number of alkyl halides is 2. The van der Waals surface area contributed by atoms with Gasteiger partial charge in [0.15, 0.2) is 12.1 Å². The highest BCUT2D eigenvalue weighted by molar-refractivity contribution is 5.93. The van der Waals surface area contributed by atoms with E-state index < -0.39 is 35.6 Å². The standard InChI is InChI=1S/C18H13F3N6O2/c19-9-1-2-10-5-12(25-27(10)6-9)15-13-11(22-7-23-13)3-4-26(15)18(28)16-14(17(20)21)24-8-29-16/h1-2,5-8,15,17H,3-4H2,(H,22,23)/t15-/m1/s1. The van der Waals surface area contributed by atoms with Crippen LogP contribution in [0.4, 0.5) is 13.2 Å². The van der Waals surface area contributed by atoms with Crippen LogP contribution in [0.3, 0.4) is 0 Å². The fourth-order valence-corrected chi connectivity index (χ4v) is 3.61. The van der Waals surface area contributed by atoms with Crippen molar-refractivity contribution in [3.8, 4) is 0 Å². The summed E-state index contributed by atoms with van der Waals surface area (Å²) >= 11 is 0. The third-order valence-electron chi connectivity index (χ3n) is 4.90. The number of rotatable bonds is 3. The molecule has 0 aromatic carbocycles. The molecule has 0 aliphatic carbocycles. The second-order valence-electron chi connectivity index (χ2n) is 6.57. The lowest BCUT2D eigenvalue weighted by atomic mass is 9.99. The number of aromatic amines is 1. The molecule has 0 bridgehead atoms. The molecule has 5 heterocycles. The third kappa shape index (κ3) is 2.77. The molecular formula is C18H13F3N6O2. The second kappa shape index (κ2) is 6.47. The maximum atomic E-state index is 13.6. The van der Waals surface area contributed by atoms with Gasteiger partial charge in [-0.2, -0.15) is 5.10 Å². The van der Waals surface area contributed by atoms with E-state index in [0.717, 1.165) is 12.1 Å². The van der Waals surface area contributed by atoms with Crippen molar-refractivity contribution >= 4 is 11.4 Å². The highest BCUT2D eigenvalue weighted by Gasteiger charge is 2.39. The number of hydrogen-bond donors (Lipinski definition) is 1. The number of amides is 1. The molecule has 1 atom stereocenters. The average molecular weight is 402 g/mol. The van der Waals surface area contributed by atoms with Gasteiger partial charge in [0, 0.05) is 18.7 Å². The first-order valence-electron chi connectivity index (χ1n) is 8.72. The number of fused-ring (bicyclic) bond motifs is 2. The van der Waals surface area contributed by atoms with Crippen molar-refractivity contribution in [2.45, 2.75) is 18.9 Å². The average Bonchev–Trinajstić information content (AvgIpc) is 3.43. The number of aromatic nitrogens is 5. The minimum absolute atomic E-state index is 0.226. The molecule has 5 rings (SSSR count). The van der Waals surface area contributed by atoms with Gasteiger partial charge in [-0.05, 0) is 18.2 Å². The van der Waals surface area contributed by atoms with Crippen molar-refractivity contribution in [1.29, 1.82) is 0 Å². The van der Waals surface area contributed by atoms with E-state index in [1.807, 2.05) is 0 Å². The number of imidazole rings is 1. The normalized spacial score (nSPS) is 16.6. The van der Waals surface area contributed by atoms with Gasteiger partial charge in [-0.25, -0.2) is 27.7 Å². The minimum atomic E-state index is -2.95. The zero-order chi connectivity index (χ0) is 20.1. The Bertz CT molecular complexity index is 1210. The summed E-state index contributed by atoms with van der Waals surface area (Å²) in [7, 11) is 0. The lowest BCUT2D eigenvalue weighted by molar-refractivity contribution is 0.0639. The van der Waals surface area contributed by atoms with Crippen molar-refractivity contribution in [3.63, 3.8) is 0 Å². The number of nitrogens with zero attached hydrogens (tertiary/aromatic N) is 5. The van der Waals surface area contributed by atoms with E-state index in [2.05, 4.69) is 20.1 Å². The van der Waals surface area contributed by atoms with E-state index in [1.54, 1.807) is 12.1 Å². The van der Waals surface area contributed by atoms with Gasteiger partial charge in [-0.3, -0.25) is 4.79 Å². The topological polar surface area (TPSA) is 92.3 Å². The molecule has 0 saturated carbocycles. The molecular weight excluding hydrogens is 389 g/mol. The summed E-state index contributed by atoms with van der Waals surface area (Å²) < 4.78 is 46.3. The van der Waals surface area contributed by atoms with Crippen LogP contribution in [0, 0.1) is 5.82 Å². The Kier molecular flexibility index (Phi) is 3.89. The fourth-order valence-electron chi connectivity index (χ4n) is 3.61. The number of carbonyl (C=O) groups is 1. The number of oxazole rings is 1. The van der Waals surface area contributed by atoms with Gasteiger partial charge in [-0.1, -0.05) is 0 Å². The number of H-pyrrole nitrogens is 1. The summed E-state index contributed by atoms with van der Waals surface area (Å²) in [6, 6.07) is 3.80. The predicted octanol–water partition coefficient (Wildman–Crippen LogP) is 2.91. The minimum Gasteiger partial charge on any atom is -0.438 e. The second-order valence-corrected chi connectivity index (χ2v) is 6.57. The molecule has 1 aliphatic heterocycles. The van der Waals surface area contributed by atoms with E-state index in [-0.39, 0.29) is 6.54 Å². The first kappa shape index (κ1) is 17.5. The smallest absolute Gasteiger partial charge is 0.292 e. The first-order valence-corrected chi connectivity index (χ1v) is 8.72. The summed E-state index contributed by atoms with van der Waals surface area (Å²) in [6.45, 7) is 0.226. The molecule has 0 fully saturated rings. The van der Waals surface area contributed by atoms with Crippen LogP contribution in [-0.4, -0.2) is 41.9 Å². The molecule has 1 N–H and O–H groups in total. The van der Waals surface area contributed by atoms with Crippen LogP contribution in [0.2, 0.25) is 0 Å². The number of hydrogen-bond acceptors (Lipinski definition) is 5. The van der Waals surface area contributed by atoms with E-state index >= 15 is 0 Å². The zero-order valence-electron chi connectivity index (χ0n) is 14.7. The van der Waals surface area contributed by atoms with Crippen LogP contribution in [0.5, 0.6) is 0 Å². The Morgan fingerprint density at radius 2 is 2.17 bits per heavy atom. The monoisotopic (exact) mass is 402 g/mol. The molecule has 4 aromatic rings. The fraction of sp³-hybridized carbons (Fsp3) is 0.222. The molecule has 1 amide bonds. The molecule has 1 aliphatic rings. The number of halogens is 3. The zero-order valence-corrected chi connectivity index (χ0v) is 14.7. The van der Waals surface area contributed by atoms with Gasteiger partial charge in [0.25, 0.3) is 12.3 Å². The molecule has 0 unspecified atom stereocenters. The lowest BCUT2D eigenvalue weighted by Crippen LogP contribution is -2.41. The highest BCUT2D eigenvalue weighted by Crippen LogP contribution is 2.35. The van der Waals surface area contributed by atoms with Gasteiger partial charge in [0.1, 0.15) is 11.9 Å². The maximum Gasteiger partial charge on any atom is 0.292 e. The number of nitrogens with one attached hydrogen (secondary N) is 1. The SMILES string of the molecule is O=C(c1ocnc1C(F)F)N1CCc2[nH]cnc2[C@H]1c1cc2ccc(F)cn2n1. The van der Waals surface area contributed by atoms with Crippen LogP contribution < -0.4 is 0 Å². The Hall–Kier alpha value is -3.63. The van der Waals surface area contributed by atoms with Crippen molar-refractivity contribution in [2.24, 2.45) is 0 Å². The molecule has 29 heavy (non-hydrogen) atoms. The van der Waals surface area contributed by atoms with Crippen LogP contribution in [0.1, 0.15) is 45.8 Å². The number of carbonyl (C=O) groups excluding carboxylic acids is 1. The maximum absolute atomic E-state index is 13.6. The molecule has 0 radical (unpaired) electrons. The Morgan fingerprint density at radius 3 is 3.00 bits per heavy atom. The highest BCUT2D eigenvalue weighted by atomic mass is 19.3. The summed E-state index contributed by atoms with van der Waals surface area (Å²) in [6.07, 6.45) is 1.04. The van der Waals surface area contributed by atoms with Crippen LogP contribution in [-0.2, 0) is 6.42 Å². The number of pyridine rings is 1. The van der Waals surface area contributed by atoms with Gasteiger partial charge in [-0.15, -0.1) is 0 Å². The van der Waals surface area contributed by atoms with Crippen molar-refractivity contribution in [2.75, 3.05) is 6.54 Å². The molecule has 11 heteroatoms. The third-order valence-corrected chi connectivity index (χ3v) is 4.90. The van der Waals surface area contributed by atoms with E-state index in [1.165, 1.54) is 28.0 Å². The molecule has 8 nitrogen and oxygen atoms in total. The lowest BCUT2D eigenvalue weighted by Gasteiger charge is -2.33. The predicted molar refractivity (Wildman–Crippen MR) is 91.8 cm³/mol. The van der Waals surface area contributed by atoms with Gasteiger partial charge in [0.05, 0.1) is 29.4 Å². The van der Waals surface area contributed by atoms with Gasteiger partial charge < -0.3 is 14.3 Å². The summed E-state index contributed by atoms with van der Waals surface area (Å²) in [5.74, 6) is -1.72. The van der Waals surface area contributed by atoms with E-state index in [4.69, 9.17) is 4.42 Å². The van der Waals surface area contributed by atoms with Crippen LogP contribution >= 0.6 is 0 Å². The summed E-state index contributed by atoms with van der Waals surface area (Å²) in [5.41, 5.74) is 1.69. The van der Waals surface area contributed by atoms with Gasteiger partial charge >= 0.3 is 0 Å². The van der Waals surface area contributed by atoms with Gasteiger partial charge in [0.2, 0.25) is 5.76 Å². The molecule has 0 saturated heterocycles. The van der Waals surface area contributed by atoms with Crippen LogP contribution in [0.15, 0.2) is 41.5 Å². The molecule has 0 spiro atoms. The van der Waals surface area contributed by atoms with Crippen LogP contribution in [0.25, 0.3) is 5.52 Å².